The van der Waals surface area contributed by atoms with Crippen molar-refractivity contribution in [2.75, 3.05) is 0 Å². The van der Waals surface area contributed by atoms with E-state index in [4.69, 9.17) is 11.6 Å². The number of nitrogens with zero attached hydrogens (tertiary/aromatic N) is 2. The zero-order valence-electron chi connectivity index (χ0n) is 10.4. The molecule has 0 amide bonds. The highest BCUT2D eigenvalue weighted by Gasteiger charge is 2.25. The summed E-state index contributed by atoms with van der Waals surface area (Å²) < 4.78 is 14.9. The summed E-state index contributed by atoms with van der Waals surface area (Å²) in [4.78, 5) is 11.2. The lowest BCUT2D eigenvalue weighted by molar-refractivity contribution is 0.0695. The molecule has 1 heterocycles. The summed E-state index contributed by atoms with van der Waals surface area (Å²) in [5.74, 6) is -1.81. The number of carboxylic acid groups (broad SMARTS) is 1. The van der Waals surface area contributed by atoms with Crippen LogP contribution in [0.1, 0.15) is 35.8 Å². The van der Waals surface area contributed by atoms with Crippen molar-refractivity contribution in [2.24, 2.45) is 0 Å². The van der Waals surface area contributed by atoms with Gasteiger partial charge in [-0.25, -0.2) is 13.9 Å². The predicted molar refractivity (Wildman–Crippen MR) is 69.6 cm³/mol. The third-order valence-electron chi connectivity index (χ3n) is 2.70. The third kappa shape index (κ3) is 2.33. The first-order valence-electron chi connectivity index (χ1n) is 5.70. The van der Waals surface area contributed by atoms with E-state index in [-0.39, 0.29) is 22.3 Å². The monoisotopic (exact) mass is 282 g/mol. The van der Waals surface area contributed by atoms with Gasteiger partial charge in [0.2, 0.25) is 0 Å². The standard InChI is InChI=1S/C13H12ClFN2O2/c1-7(2)11-10(13(18)19)12(14)17(16-11)9-6-4-3-5-8(9)15/h3-7H,1-2H3,(H,18,19). The first-order valence-corrected chi connectivity index (χ1v) is 6.08. The van der Waals surface area contributed by atoms with E-state index in [0.29, 0.717) is 5.69 Å². The van der Waals surface area contributed by atoms with E-state index in [1.54, 1.807) is 19.9 Å². The summed E-state index contributed by atoms with van der Waals surface area (Å²) in [5.41, 5.74) is 0.377. The minimum absolute atomic E-state index is 0.0834. The molecule has 0 fully saturated rings. The molecule has 0 bridgehead atoms. The maximum atomic E-state index is 13.7. The Kier molecular flexibility index (Phi) is 3.57. The van der Waals surface area contributed by atoms with Crippen molar-refractivity contribution < 1.29 is 14.3 Å². The van der Waals surface area contributed by atoms with Crippen LogP contribution in [0.4, 0.5) is 4.39 Å². The average molecular weight is 283 g/mol. The molecule has 4 nitrogen and oxygen atoms in total. The van der Waals surface area contributed by atoms with Gasteiger partial charge in [0.1, 0.15) is 22.2 Å². The summed E-state index contributed by atoms with van der Waals surface area (Å²) in [7, 11) is 0. The van der Waals surface area contributed by atoms with Crippen LogP contribution in [0.3, 0.4) is 0 Å². The first-order chi connectivity index (χ1) is 8.93. The van der Waals surface area contributed by atoms with Gasteiger partial charge in [0, 0.05) is 0 Å². The molecule has 0 aliphatic rings. The lowest BCUT2D eigenvalue weighted by Crippen LogP contribution is -2.01. The molecule has 0 atom stereocenters. The molecule has 2 aromatic rings. The fourth-order valence-corrected chi connectivity index (χ4v) is 2.10. The number of aromatic carboxylic acids is 1. The highest BCUT2D eigenvalue weighted by Crippen LogP contribution is 2.29. The van der Waals surface area contributed by atoms with Gasteiger partial charge in [-0.1, -0.05) is 37.6 Å². The van der Waals surface area contributed by atoms with Crippen LogP contribution in [0, 0.1) is 5.82 Å². The minimum atomic E-state index is -1.17. The quantitative estimate of drug-likeness (QED) is 0.937. The van der Waals surface area contributed by atoms with Crippen LogP contribution < -0.4 is 0 Å². The number of para-hydroxylation sites is 1. The van der Waals surface area contributed by atoms with Gasteiger partial charge in [-0.3, -0.25) is 0 Å². The number of carboxylic acids is 1. The highest BCUT2D eigenvalue weighted by molar-refractivity contribution is 6.33. The smallest absolute Gasteiger partial charge is 0.340 e. The van der Waals surface area contributed by atoms with Gasteiger partial charge in [-0.2, -0.15) is 5.10 Å². The zero-order chi connectivity index (χ0) is 14.2. The second-order valence-corrected chi connectivity index (χ2v) is 4.73. The Morgan fingerprint density at radius 3 is 2.53 bits per heavy atom. The fourth-order valence-electron chi connectivity index (χ4n) is 1.80. The molecule has 0 radical (unpaired) electrons. The summed E-state index contributed by atoms with van der Waals surface area (Å²) in [6, 6.07) is 5.93. The van der Waals surface area contributed by atoms with Crippen molar-refractivity contribution in [3.8, 4) is 5.69 Å². The van der Waals surface area contributed by atoms with Crippen molar-refractivity contribution >= 4 is 17.6 Å². The van der Waals surface area contributed by atoms with E-state index in [0.717, 1.165) is 4.68 Å². The van der Waals surface area contributed by atoms with E-state index >= 15 is 0 Å². The van der Waals surface area contributed by atoms with Crippen molar-refractivity contribution in [3.05, 3.63) is 46.5 Å². The molecule has 1 aromatic heterocycles. The Bertz CT molecular complexity index is 638. The van der Waals surface area contributed by atoms with E-state index in [1.807, 2.05) is 0 Å². The van der Waals surface area contributed by atoms with Crippen LogP contribution in [0.2, 0.25) is 5.15 Å². The van der Waals surface area contributed by atoms with Crippen LogP contribution in [0.15, 0.2) is 24.3 Å². The van der Waals surface area contributed by atoms with E-state index in [9.17, 15) is 14.3 Å². The summed E-state index contributed by atoms with van der Waals surface area (Å²) in [6.45, 7) is 3.60. The molecular weight excluding hydrogens is 271 g/mol. The Hall–Kier alpha value is -1.88. The average Bonchev–Trinajstić information content (AvgIpc) is 2.68. The minimum Gasteiger partial charge on any atom is -0.478 e. The van der Waals surface area contributed by atoms with Gasteiger partial charge >= 0.3 is 5.97 Å². The maximum absolute atomic E-state index is 13.7. The number of aromatic nitrogens is 2. The molecule has 1 N–H and O–H groups in total. The normalized spacial score (nSPS) is 11.0. The SMILES string of the molecule is CC(C)c1nn(-c2ccccc2F)c(Cl)c1C(=O)O. The van der Waals surface area contributed by atoms with Crippen LogP contribution in [0.25, 0.3) is 5.69 Å². The van der Waals surface area contributed by atoms with Crippen LogP contribution in [-0.2, 0) is 0 Å². The zero-order valence-corrected chi connectivity index (χ0v) is 11.1. The predicted octanol–water partition coefficient (Wildman–Crippen LogP) is 3.49. The number of carbonyl (C=O) groups is 1. The van der Waals surface area contributed by atoms with Crippen molar-refractivity contribution in [1.29, 1.82) is 0 Å². The number of benzene rings is 1. The van der Waals surface area contributed by atoms with Gasteiger partial charge in [-0.05, 0) is 18.1 Å². The van der Waals surface area contributed by atoms with Crippen LogP contribution in [0.5, 0.6) is 0 Å². The van der Waals surface area contributed by atoms with E-state index < -0.39 is 11.8 Å². The molecule has 0 spiro atoms. The number of rotatable bonds is 3. The summed E-state index contributed by atoms with van der Waals surface area (Å²) in [6.07, 6.45) is 0. The molecule has 0 aliphatic carbocycles. The Morgan fingerprint density at radius 1 is 1.42 bits per heavy atom. The van der Waals surface area contributed by atoms with Gasteiger partial charge in [0.25, 0.3) is 0 Å². The lowest BCUT2D eigenvalue weighted by atomic mass is 10.1. The van der Waals surface area contributed by atoms with Crippen molar-refractivity contribution in [1.82, 2.24) is 9.78 Å². The number of hydrogen-bond acceptors (Lipinski definition) is 2. The molecule has 2 rings (SSSR count). The lowest BCUT2D eigenvalue weighted by Gasteiger charge is -2.04. The molecule has 0 saturated heterocycles. The van der Waals surface area contributed by atoms with Crippen LogP contribution in [-0.4, -0.2) is 20.9 Å². The Morgan fingerprint density at radius 2 is 2.05 bits per heavy atom. The van der Waals surface area contributed by atoms with Gasteiger partial charge in [0.15, 0.2) is 0 Å². The summed E-state index contributed by atoms with van der Waals surface area (Å²) >= 11 is 6.03. The van der Waals surface area contributed by atoms with Crippen molar-refractivity contribution in [2.45, 2.75) is 19.8 Å². The van der Waals surface area contributed by atoms with Crippen molar-refractivity contribution in [3.63, 3.8) is 0 Å². The maximum Gasteiger partial charge on any atom is 0.340 e. The molecular formula is C13H12ClFN2O2. The number of halogens is 2. The molecule has 100 valence electrons. The molecule has 0 saturated carbocycles. The second-order valence-electron chi connectivity index (χ2n) is 4.37. The summed E-state index contributed by atoms with van der Waals surface area (Å²) in [5, 5.41) is 13.2. The fraction of sp³-hybridized carbons (Fsp3) is 0.231. The largest absolute Gasteiger partial charge is 0.478 e. The molecule has 6 heteroatoms. The van der Waals surface area contributed by atoms with Gasteiger partial charge in [-0.15, -0.1) is 0 Å². The molecule has 0 aliphatic heterocycles. The molecule has 1 aromatic carbocycles. The van der Waals surface area contributed by atoms with E-state index in [1.165, 1.54) is 18.2 Å². The van der Waals surface area contributed by atoms with Gasteiger partial charge in [0.05, 0.1) is 5.69 Å². The highest BCUT2D eigenvalue weighted by atomic mass is 35.5. The Balaban J connectivity index is 2.70. The topological polar surface area (TPSA) is 55.1 Å². The first kappa shape index (κ1) is 13.5. The van der Waals surface area contributed by atoms with Crippen LogP contribution >= 0.6 is 11.6 Å². The molecule has 0 unspecified atom stereocenters. The Labute approximate surface area is 114 Å². The number of hydrogen-bond donors (Lipinski definition) is 1. The third-order valence-corrected chi connectivity index (χ3v) is 3.05. The van der Waals surface area contributed by atoms with E-state index in [2.05, 4.69) is 5.10 Å². The molecule has 19 heavy (non-hydrogen) atoms. The van der Waals surface area contributed by atoms with Gasteiger partial charge < -0.3 is 5.11 Å². The second kappa shape index (κ2) is 5.01.